The van der Waals surface area contributed by atoms with Crippen LogP contribution in [0.3, 0.4) is 0 Å². The Morgan fingerprint density at radius 1 is 1.24 bits per heavy atom. The molecule has 2 rings (SSSR count). The molecule has 1 aromatic carbocycles. The third-order valence-electron chi connectivity index (χ3n) is 2.39. The largest absolute Gasteiger partial charge is 0.478 e. The van der Waals surface area contributed by atoms with E-state index < -0.39 is 5.97 Å². The molecule has 0 aliphatic rings. The fraction of sp³-hybridized carbons (Fsp3) is 0.0769. The summed E-state index contributed by atoms with van der Waals surface area (Å²) >= 11 is 5.80. The fourth-order valence-corrected chi connectivity index (χ4v) is 1.70. The van der Waals surface area contributed by atoms with Crippen LogP contribution in [0.4, 0.5) is 0 Å². The molecular formula is C13H10ClNO2. The summed E-state index contributed by atoms with van der Waals surface area (Å²) in [6, 6.07) is 10.5. The Bertz CT molecular complexity index is 564. The first-order valence-corrected chi connectivity index (χ1v) is 5.42. The molecule has 1 N–H and O–H groups in total. The number of nitrogens with zero attached hydrogens (tertiary/aromatic N) is 1. The molecule has 3 nitrogen and oxygen atoms in total. The first kappa shape index (κ1) is 11.6. The van der Waals surface area contributed by atoms with E-state index in [1.54, 1.807) is 0 Å². The predicted octanol–water partition coefficient (Wildman–Crippen LogP) is 3.41. The Labute approximate surface area is 104 Å². The van der Waals surface area contributed by atoms with E-state index in [-0.39, 0.29) is 10.7 Å². The molecule has 1 aromatic heterocycles. The van der Waals surface area contributed by atoms with E-state index in [0.717, 1.165) is 11.1 Å². The number of aryl methyl sites for hydroxylation is 1. The minimum Gasteiger partial charge on any atom is -0.478 e. The molecule has 0 fully saturated rings. The molecule has 17 heavy (non-hydrogen) atoms. The van der Waals surface area contributed by atoms with Gasteiger partial charge in [-0.3, -0.25) is 0 Å². The van der Waals surface area contributed by atoms with Crippen LogP contribution in [0.15, 0.2) is 36.4 Å². The number of aromatic nitrogens is 1. The Morgan fingerprint density at radius 3 is 2.47 bits per heavy atom. The van der Waals surface area contributed by atoms with E-state index in [2.05, 4.69) is 4.98 Å². The van der Waals surface area contributed by atoms with Crippen LogP contribution in [0.2, 0.25) is 5.15 Å². The normalized spacial score (nSPS) is 10.2. The van der Waals surface area contributed by atoms with Gasteiger partial charge in [0.15, 0.2) is 0 Å². The average molecular weight is 248 g/mol. The molecule has 1 heterocycles. The quantitative estimate of drug-likeness (QED) is 0.828. The molecule has 0 spiro atoms. The van der Waals surface area contributed by atoms with E-state index in [4.69, 9.17) is 16.7 Å². The van der Waals surface area contributed by atoms with E-state index in [9.17, 15) is 4.79 Å². The average Bonchev–Trinajstić information content (AvgIpc) is 2.29. The second kappa shape index (κ2) is 4.55. The molecule has 0 saturated carbocycles. The van der Waals surface area contributed by atoms with Crippen molar-refractivity contribution in [1.29, 1.82) is 0 Å². The standard InChI is InChI=1S/C13H10ClNO2/c1-8-2-4-9(5-3-8)11-6-10(13(16)17)7-12(14)15-11/h2-7H,1H3,(H,16,17). The highest BCUT2D eigenvalue weighted by Gasteiger charge is 2.08. The number of aromatic carboxylic acids is 1. The van der Waals surface area contributed by atoms with E-state index in [1.165, 1.54) is 12.1 Å². The minimum absolute atomic E-state index is 0.139. The van der Waals surface area contributed by atoms with Crippen molar-refractivity contribution < 1.29 is 9.90 Å². The first-order chi connectivity index (χ1) is 8.06. The van der Waals surface area contributed by atoms with Gasteiger partial charge in [-0.25, -0.2) is 9.78 Å². The summed E-state index contributed by atoms with van der Waals surface area (Å²) in [7, 11) is 0. The number of hydrogen-bond acceptors (Lipinski definition) is 2. The molecular weight excluding hydrogens is 238 g/mol. The first-order valence-electron chi connectivity index (χ1n) is 5.04. The van der Waals surface area contributed by atoms with Crippen molar-refractivity contribution in [3.8, 4) is 11.3 Å². The Morgan fingerprint density at radius 2 is 1.88 bits per heavy atom. The lowest BCUT2D eigenvalue weighted by Gasteiger charge is -2.04. The molecule has 0 radical (unpaired) electrons. The van der Waals surface area contributed by atoms with Crippen LogP contribution in [0, 0.1) is 6.92 Å². The summed E-state index contributed by atoms with van der Waals surface area (Å²) in [6.07, 6.45) is 0. The van der Waals surface area contributed by atoms with Gasteiger partial charge >= 0.3 is 5.97 Å². The molecule has 86 valence electrons. The Balaban J connectivity index is 2.51. The van der Waals surface area contributed by atoms with Crippen molar-refractivity contribution in [3.05, 3.63) is 52.7 Å². The van der Waals surface area contributed by atoms with E-state index in [0.29, 0.717) is 5.69 Å². The summed E-state index contributed by atoms with van der Waals surface area (Å²) in [4.78, 5) is 15.0. The number of pyridine rings is 1. The van der Waals surface area contributed by atoms with Crippen molar-refractivity contribution in [1.82, 2.24) is 4.98 Å². The summed E-state index contributed by atoms with van der Waals surface area (Å²) < 4.78 is 0. The summed E-state index contributed by atoms with van der Waals surface area (Å²) in [6.45, 7) is 1.98. The second-order valence-electron chi connectivity index (χ2n) is 3.73. The lowest BCUT2D eigenvalue weighted by molar-refractivity contribution is 0.0697. The Kier molecular flexibility index (Phi) is 3.11. The van der Waals surface area contributed by atoms with Gasteiger partial charge in [0, 0.05) is 5.56 Å². The Hall–Kier alpha value is -1.87. The van der Waals surface area contributed by atoms with Crippen LogP contribution in [0.1, 0.15) is 15.9 Å². The van der Waals surface area contributed by atoms with Crippen LogP contribution in [-0.2, 0) is 0 Å². The smallest absolute Gasteiger partial charge is 0.335 e. The molecule has 0 bridgehead atoms. The highest BCUT2D eigenvalue weighted by Crippen LogP contribution is 2.21. The predicted molar refractivity (Wildman–Crippen MR) is 66.4 cm³/mol. The lowest BCUT2D eigenvalue weighted by atomic mass is 10.1. The molecule has 0 atom stereocenters. The number of rotatable bonds is 2. The number of carboxylic acids is 1. The van der Waals surface area contributed by atoms with Crippen LogP contribution in [0.5, 0.6) is 0 Å². The van der Waals surface area contributed by atoms with Gasteiger partial charge in [0.2, 0.25) is 0 Å². The van der Waals surface area contributed by atoms with Crippen molar-refractivity contribution in [2.24, 2.45) is 0 Å². The third kappa shape index (κ3) is 2.63. The fourth-order valence-electron chi connectivity index (χ4n) is 1.49. The number of carbonyl (C=O) groups is 1. The molecule has 0 unspecified atom stereocenters. The van der Waals surface area contributed by atoms with Crippen molar-refractivity contribution >= 4 is 17.6 Å². The maximum atomic E-state index is 10.9. The molecule has 0 amide bonds. The zero-order valence-electron chi connectivity index (χ0n) is 9.14. The van der Waals surface area contributed by atoms with Gasteiger partial charge in [-0.1, -0.05) is 41.4 Å². The molecule has 2 aromatic rings. The third-order valence-corrected chi connectivity index (χ3v) is 2.58. The molecule has 0 aliphatic carbocycles. The molecule has 0 aliphatic heterocycles. The molecule has 0 saturated heterocycles. The lowest BCUT2D eigenvalue weighted by Crippen LogP contribution is -1.98. The number of benzene rings is 1. The monoisotopic (exact) mass is 247 g/mol. The zero-order chi connectivity index (χ0) is 12.4. The maximum absolute atomic E-state index is 10.9. The maximum Gasteiger partial charge on any atom is 0.335 e. The SMILES string of the molecule is Cc1ccc(-c2cc(C(=O)O)cc(Cl)n2)cc1. The summed E-state index contributed by atoms with van der Waals surface area (Å²) in [5.74, 6) is -1.01. The van der Waals surface area contributed by atoms with Gasteiger partial charge in [0.1, 0.15) is 5.15 Å². The van der Waals surface area contributed by atoms with Crippen LogP contribution in [0.25, 0.3) is 11.3 Å². The van der Waals surface area contributed by atoms with Gasteiger partial charge in [-0.15, -0.1) is 0 Å². The number of carboxylic acid groups (broad SMARTS) is 1. The molecule has 4 heteroatoms. The minimum atomic E-state index is -1.01. The number of halogens is 1. The van der Waals surface area contributed by atoms with Crippen molar-refractivity contribution in [2.45, 2.75) is 6.92 Å². The van der Waals surface area contributed by atoms with Gasteiger partial charge in [0.05, 0.1) is 11.3 Å². The van der Waals surface area contributed by atoms with Crippen molar-refractivity contribution in [2.75, 3.05) is 0 Å². The summed E-state index contributed by atoms with van der Waals surface area (Å²) in [5.41, 5.74) is 2.69. The van der Waals surface area contributed by atoms with Crippen LogP contribution in [-0.4, -0.2) is 16.1 Å². The van der Waals surface area contributed by atoms with Gasteiger partial charge < -0.3 is 5.11 Å². The second-order valence-corrected chi connectivity index (χ2v) is 4.12. The zero-order valence-corrected chi connectivity index (χ0v) is 9.90. The van der Waals surface area contributed by atoms with E-state index >= 15 is 0 Å². The van der Waals surface area contributed by atoms with Crippen LogP contribution >= 0.6 is 11.6 Å². The number of hydrogen-bond donors (Lipinski definition) is 1. The highest BCUT2D eigenvalue weighted by molar-refractivity contribution is 6.29. The van der Waals surface area contributed by atoms with Gasteiger partial charge in [-0.2, -0.15) is 0 Å². The van der Waals surface area contributed by atoms with Crippen molar-refractivity contribution in [3.63, 3.8) is 0 Å². The highest BCUT2D eigenvalue weighted by atomic mass is 35.5. The summed E-state index contributed by atoms with van der Waals surface area (Å²) in [5, 5.41) is 9.12. The topological polar surface area (TPSA) is 50.2 Å². The van der Waals surface area contributed by atoms with Crippen LogP contribution < -0.4 is 0 Å². The van der Waals surface area contributed by atoms with Gasteiger partial charge in [-0.05, 0) is 19.1 Å². The van der Waals surface area contributed by atoms with E-state index in [1.807, 2.05) is 31.2 Å². The van der Waals surface area contributed by atoms with Gasteiger partial charge in [0.25, 0.3) is 0 Å².